The van der Waals surface area contributed by atoms with Gasteiger partial charge in [-0.2, -0.15) is 0 Å². The molecule has 0 amide bonds. The summed E-state index contributed by atoms with van der Waals surface area (Å²) in [5, 5.41) is 0. The molecule has 0 aliphatic carbocycles. The van der Waals surface area contributed by atoms with Gasteiger partial charge in [0.25, 0.3) is 0 Å². The third-order valence-electron chi connectivity index (χ3n) is 0.144. The fourth-order valence-corrected chi connectivity index (χ4v) is 0. The van der Waals surface area contributed by atoms with Gasteiger partial charge in [0.15, 0.2) is 0 Å². The Morgan fingerprint density at radius 1 is 2.00 bits per heavy atom. The summed E-state index contributed by atoms with van der Waals surface area (Å²) < 4.78 is 5.56. The first kappa shape index (κ1) is 4.83. The first-order chi connectivity index (χ1) is 1.91. The van der Waals surface area contributed by atoms with Gasteiger partial charge in [-0.05, 0) is 0 Å². The topological polar surface area (TPSA) is 9.23 Å². The molecule has 0 unspecified atom stereocenters. The van der Waals surface area contributed by atoms with Gasteiger partial charge in [-0.15, -0.1) is 0 Å². The monoisotopic (exact) mass is 225 g/mol. The van der Waals surface area contributed by atoms with Gasteiger partial charge in [-0.1, -0.05) is 0 Å². The summed E-state index contributed by atoms with van der Waals surface area (Å²) in [5.41, 5.74) is 0. The van der Waals surface area contributed by atoms with E-state index in [9.17, 15) is 0 Å². The Morgan fingerprint density at radius 3 is 2.25 bits per heavy atom. The van der Waals surface area contributed by atoms with Crippen molar-refractivity contribution in [1.82, 2.24) is 0 Å². The van der Waals surface area contributed by atoms with E-state index in [2.05, 4.69) is 4.74 Å². The van der Waals surface area contributed by atoms with Gasteiger partial charge < -0.3 is 0 Å². The van der Waals surface area contributed by atoms with Crippen molar-refractivity contribution in [3.8, 4) is 0 Å². The molecule has 0 N–H and O–H groups in total. The van der Waals surface area contributed by atoms with E-state index >= 15 is 0 Å². The molecule has 23 valence electrons. The van der Waals surface area contributed by atoms with Crippen LogP contribution in [0.5, 0.6) is 0 Å². The predicted octanol–water partition coefficient (Wildman–Crippen LogP) is 0.137. The van der Waals surface area contributed by atoms with E-state index in [4.69, 9.17) is 0 Å². The van der Waals surface area contributed by atoms with Crippen LogP contribution in [0.15, 0.2) is 0 Å². The summed E-state index contributed by atoms with van der Waals surface area (Å²) in [6.07, 6.45) is 0. The van der Waals surface area contributed by atoms with E-state index in [1.54, 1.807) is 7.11 Å². The maximum absolute atomic E-state index is 4.60. The third-order valence-corrected chi connectivity index (χ3v) is 1.18. The number of rotatable bonds is 1. The molecule has 0 spiro atoms. The SMILES string of the molecule is CO[CH2][Hf]. The molecule has 0 fully saturated rings. The molecule has 4 heavy (non-hydrogen) atoms. The quantitative estimate of drug-likeness (QED) is 0.575. The van der Waals surface area contributed by atoms with Crippen LogP contribution in [0.2, 0.25) is 0 Å². The molecule has 0 saturated heterocycles. The first-order valence-electron chi connectivity index (χ1n) is 1.05. The molecular weight excluding hydrogens is 219 g/mol. The molecule has 2 heteroatoms. The molecule has 0 aromatic heterocycles. The van der Waals surface area contributed by atoms with Crippen molar-refractivity contribution in [2.45, 2.75) is 0 Å². The Morgan fingerprint density at radius 2 is 2.25 bits per heavy atom. The molecule has 0 aromatic carbocycles. The van der Waals surface area contributed by atoms with Crippen molar-refractivity contribution in [3.05, 3.63) is 0 Å². The zero-order chi connectivity index (χ0) is 3.41. The summed E-state index contributed by atoms with van der Waals surface area (Å²) in [6.45, 7) is 0. The zero-order valence-electron chi connectivity index (χ0n) is 2.62. The standard InChI is InChI=1S/C2H5O.Hf/c1-3-2;/h1H2,2H3;. The van der Waals surface area contributed by atoms with E-state index in [1.807, 2.05) is 0 Å². The predicted molar refractivity (Wildman–Crippen MR) is 11.9 cm³/mol. The Balaban J connectivity index is 1.97. The van der Waals surface area contributed by atoms with Crippen molar-refractivity contribution in [3.63, 3.8) is 0 Å². The van der Waals surface area contributed by atoms with Crippen molar-refractivity contribution in [2.75, 3.05) is 11.5 Å². The molecular formula is C2H5HfO. The molecule has 0 rings (SSSR count). The van der Waals surface area contributed by atoms with E-state index in [0.29, 0.717) is 0 Å². The van der Waals surface area contributed by atoms with Crippen molar-refractivity contribution in [2.24, 2.45) is 0 Å². The van der Waals surface area contributed by atoms with E-state index in [-0.39, 0.29) is 0 Å². The minimum atomic E-state index is 0.958. The van der Waals surface area contributed by atoms with Crippen molar-refractivity contribution in [1.29, 1.82) is 0 Å². The Kier molecular flexibility index (Phi) is 4.63. The molecule has 0 radical (unpaired) electrons. The van der Waals surface area contributed by atoms with Crippen molar-refractivity contribution >= 4 is 0 Å². The number of ether oxygens (including phenoxy) is 1. The van der Waals surface area contributed by atoms with Crippen LogP contribution in [-0.4, -0.2) is 11.5 Å². The summed E-state index contributed by atoms with van der Waals surface area (Å²) >= 11 is 1.17. The van der Waals surface area contributed by atoms with Crippen LogP contribution >= 0.6 is 0 Å². The van der Waals surface area contributed by atoms with E-state index in [1.165, 1.54) is 24.4 Å². The third kappa shape index (κ3) is 2.83. The number of hydrogen-bond donors (Lipinski definition) is 0. The van der Waals surface area contributed by atoms with E-state index in [0.717, 1.165) is 4.36 Å². The fourth-order valence-electron chi connectivity index (χ4n) is 0. The second kappa shape index (κ2) is 3.83. The summed E-state index contributed by atoms with van der Waals surface area (Å²) in [7, 11) is 1.72. The van der Waals surface area contributed by atoms with Gasteiger partial charge in [0.05, 0.1) is 0 Å². The Labute approximate surface area is 40.9 Å². The maximum atomic E-state index is 4.60. The van der Waals surface area contributed by atoms with Gasteiger partial charge in [0.1, 0.15) is 0 Å². The molecule has 0 bridgehead atoms. The van der Waals surface area contributed by atoms with Gasteiger partial charge in [-0.25, -0.2) is 0 Å². The minimum absolute atomic E-state index is 0.958. The van der Waals surface area contributed by atoms with Crippen LogP contribution in [0.25, 0.3) is 0 Å². The van der Waals surface area contributed by atoms with Crippen LogP contribution in [0.3, 0.4) is 0 Å². The second-order valence-electron chi connectivity index (χ2n) is 0.433. The first-order valence-corrected chi connectivity index (χ1v) is 3.59. The zero-order valence-corrected chi connectivity index (χ0v) is 6.21. The van der Waals surface area contributed by atoms with Gasteiger partial charge in [-0.3, -0.25) is 0 Å². The van der Waals surface area contributed by atoms with Gasteiger partial charge >= 0.3 is 40.6 Å². The van der Waals surface area contributed by atoms with Gasteiger partial charge in [0, 0.05) is 0 Å². The Hall–Kier alpha value is 0.830. The number of methoxy groups -OCH3 is 1. The second-order valence-corrected chi connectivity index (χ2v) is 1.47. The molecule has 0 aliphatic heterocycles. The number of hydrogen-bond acceptors (Lipinski definition) is 1. The normalized spacial score (nSPS) is 7.00. The van der Waals surface area contributed by atoms with Crippen LogP contribution < -0.4 is 0 Å². The van der Waals surface area contributed by atoms with Crippen LogP contribution in [0, 0.1) is 0 Å². The molecule has 0 aliphatic rings. The fraction of sp³-hybridized carbons (Fsp3) is 1.00. The van der Waals surface area contributed by atoms with Crippen LogP contribution in [0.1, 0.15) is 0 Å². The summed E-state index contributed by atoms with van der Waals surface area (Å²) in [6, 6.07) is 0. The Bertz CT molecular complexity index is 8.00. The van der Waals surface area contributed by atoms with Crippen LogP contribution in [0.4, 0.5) is 0 Å². The molecule has 1 nitrogen and oxygen atoms in total. The molecule has 0 heterocycles. The average molecular weight is 224 g/mol. The molecule has 0 aromatic rings. The van der Waals surface area contributed by atoms with Crippen molar-refractivity contribution < 1.29 is 29.1 Å². The van der Waals surface area contributed by atoms with E-state index < -0.39 is 0 Å². The summed E-state index contributed by atoms with van der Waals surface area (Å²) in [4.78, 5) is 0. The molecule has 0 saturated carbocycles. The van der Waals surface area contributed by atoms with Crippen LogP contribution in [-0.2, 0) is 29.1 Å². The van der Waals surface area contributed by atoms with Gasteiger partial charge in [0.2, 0.25) is 0 Å². The average Bonchev–Trinajstić information content (AvgIpc) is 1.37. The molecule has 0 atom stereocenters. The summed E-state index contributed by atoms with van der Waals surface area (Å²) in [5.74, 6) is 0.